The summed E-state index contributed by atoms with van der Waals surface area (Å²) in [6.45, 7) is 7.47. The molecule has 7 rings (SSSR count). The van der Waals surface area contributed by atoms with Crippen LogP contribution in [0.15, 0.2) is 18.2 Å². The van der Waals surface area contributed by atoms with E-state index in [1.807, 2.05) is 20.8 Å². The summed E-state index contributed by atoms with van der Waals surface area (Å²) in [4.78, 5) is 43.7. The number of ketones is 2. The van der Waals surface area contributed by atoms with E-state index in [0.29, 0.717) is 26.1 Å². The van der Waals surface area contributed by atoms with Crippen LogP contribution in [0.5, 0.6) is 17.2 Å². The van der Waals surface area contributed by atoms with Gasteiger partial charge in [-0.25, -0.2) is 0 Å². The third-order valence-corrected chi connectivity index (χ3v) is 10.6. The van der Waals surface area contributed by atoms with Gasteiger partial charge in [0.1, 0.15) is 29.0 Å². The smallest absolute Gasteiger partial charge is 0.252 e. The first-order chi connectivity index (χ1) is 24.4. The Morgan fingerprint density at radius 2 is 1.84 bits per heavy atom. The van der Waals surface area contributed by atoms with Gasteiger partial charge in [-0.2, -0.15) is 0 Å². The van der Waals surface area contributed by atoms with Crippen molar-refractivity contribution >= 4 is 17.5 Å². The van der Waals surface area contributed by atoms with Gasteiger partial charge in [-0.05, 0) is 13.0 Å². The lowest BCUT2D eigenvalue weighted by molar-refractivity contribution is -0.256. The highest BCUT2D eigenvalue weighted by Crippen LogP contribution is 2.53. The molecule has 15 heteroatoms. The van der Waals surface area contributed by atoms with Gasteiger partial charge in [0.25, 0.3) is 5.91 Å². The van der Waals surface area contributed by atoms with Gasteiger partial charge in [-0.3, -0.25) is 19.3 Å². The number of hydrogen-bond donors (Lipinski definition) is 5. The molecule has 15 nitrogen and oxygen atoms in total. The number of nitrogens with one attached hydrogen (secondary N) is 2. The summed E-state index contributed by atoms with van der Waals surface area (Å²) in [7, 11) is 2.92. The van der Waals surface area contributed by atoms with E-state index >= 15 is 0 Å². The number of phenolic OH excluding ortho intramolecular Hbond substituents is 2. The van der Waals surface area contributed by atoms with Crippen molar-refractivity contribution in [2.24, 2.45) is 0 Å². The molecule has 0 spiro atoms. The molecule has 2 aromatic carbocycles. The first kappa shape index (κ1) is 35.7. The zero-order chi connectivity index (χ0) is 36.4. The van der Waals surface area contributed by atoms with E-state index in [9.17, 15) is 29.7 Å². The molecule has 2 aromatic rings. The summed E-state index contributed by atoms with van der Waals surface area (Å²) in [5.74, 6) is -3.21. The first-order valence-corrected chi connectivity index (χ1v) is 17.4. The van der Waals surface area contributed by atoms with Gasteiger partial charge in [0.05, 0.1) is 42.6 Å². The normalized spacial score (nSPS) is 31.4. The summed E-state index contributed by atoms with van der Waals surface area (Å²) in [6.07, 6.45) is -4.46. The monoisotopic (exact) mass is 711 g/mol. The zero-order valence-corrected chi connectivity index (χ0v) is 29.3. The predicted molar refractivity (Wildman–Crippen MR) is 178 cm³/mol. The standard InChI is InChI=1S/C36H45N3O12/c1-16(2)37-9-10-38-35(44)36(45)14-19-25(31(43)27-26(29(19)41)28(40)18-7-6-8-21(46-4)24(18)30(27)42)22(15-36)50-23-13-20-32(17(3)49-23)51-33-34(47-5)48-12-11-39(20)33/h6-8,16-17,20,22-23,32-34,37,41,43,45H,9-15H2,1-5H3,(H,38,44)/t17-,20-,22-,23-,32+,33+,34-,36-/m0/s1. The van der Waals surface area contributed by atoms with Gasteiger partial charge in [-0.1, -0.05) is 26.0 Å². The summed E-state index contributed by atoms with van der Waals surface area (Å²) in [6, 6.07) is 4.53. The van der Waals surface area contributed by atoms with Crippen molar-refractivity contribution in [1.29, 1.82) is 0 Å². The van der Waals surface area contributed by atoms with E-state index in [1.54, 1.807) is 13.2 Å². The summed E-state index contributed by atoms with van der Waals surface area (Å²) >= 11 is 0. The fraction of sp³-hybridized carbons (Fsp3) is 0.583. The van der Waals surface area contributed by atoms with E-state index in [0.717, 1.165) is 0 Å². The molecule has 5 N–H and O–H groups in total. The van der Waals surface area contributed by atoms with Crippen LogP contribution in [0.1, 0.15) is 82.7 Å². The van der Waals surface area contributed by atoms with Crippen LogP contribution in [0.4, 0.5) is 0 Å². The number of methoxy groups -OCH3 is 2. The molecule has 51 heavy (non-hydrogen) atoms. The van der Waals surface area contributed by atoms with Gasteiger partial charge >= 0.3 is 0 Å². The van der Waals surface area contributed by atoms with Gasteiger partial charge in [0, 0.05) is 74.8 Å². The van der Waals surface area contributed by atoms with Crippen LogP contribution in [0.25, 0.3) is 0 Å². The van der Waals surface area contributed by atoms with Crippen molar-refractivity contribution in [3.8, 4) is 17.2 Å². The highest BCUT2D eigenvalue weighted by atomic mass is 16.7. The fourth-order valence-electron chi connectivity index (χ4n) is 8.20. The Kier molecular flexibility index (Phi) is 9.60. The molecule has 0 unspecified atom stereocenters. The lowest BCUT2D eigenvalue weighted by Crippen LogP contribution is -2.55. The maximum atomic E-state index is 14.0. The van der Waals surface area contributed by atoms with Crippen LogP contribution >= 0.6 is 0 Å². The summed E-state index contributed by atoms with van der Waals surface area (Å²) in [5.41, 5.74) is -3.08. The molecule has 1 amide bonds. The molecule has 3 aliphatic heterocycles. The Bertz CT molecular complexity index is 1730. The number of hydrogen-bond acceptors (Lipinski definition) is 14. The molecule has 3 saturated heterocycles. The number of carbonyl (C=O) groups is 3. The zero-order valence-electron chi connectivity index (χ0n) is 29.3. The number of morpholine rings is 1. The Labute approximate surface area is 295 Å². The SMILES string of the molecule is COc1cccc2c1C(=O)c1c(O)c3c(c(O)c1C2=O)C[C@@](O)(C(=O)NCCNC(C)C)C[C@@H]3O[C@H]1C[C@H]2[C@H](O[C@@H]3[C@@H](OC)OCCN32)[C@H](C)O1. The molecule has 0 bridgehead atoms. The number of aromatic hydroxyl groups is 2. The van der Waals surface area contributed by atoms with Crippen LogP contribution in [0.2, 0.25) is 0 Å². The summed E-state index contributed by atoms with van der Waals surface area (Å²) in [5, 5.41) is 41.7. The average molecular weight is 712 g/mol. The van der Waals surface area contributed by atoms with Crippen LogP contribution in [-0.2, 0) is 34.9 Å². The summed E-state index contributed by atoms with van der Waals surface area (Å²) < 4.78 is 35.8. The number of benzene rings is 2. The van der Waals surface area contributed by atoms with Crippen molar-refractivity contribution in [3.05, 3.63) is 51.6 Å². The molecule has 3 heterocycles. The molecule has 0 saturated carbocycles. The second kappa shape index (κ2) is 13.7. The van der Waals surface area contributed by atoms with Crippen molar-refractivity contribution < 1.29 is 58.1 Å². The van der Waals surface area contributed by atoms with E-state index in [4.69, 9.17) is 28.4 Å². The van der Waals surface area contributed by atoms with E-state index in [2.05, 4.69) is 15.5 Å². The van der Waals surface area contributed by atoms with Crippen molar-refractivity contribution in [3.63, 3.8) is 0 Å². The number of phenols is 2. The quantitative estimate of drug-likeness (QED) is 0.157. The van der Waals surface area contributed by atoms with E-state index in [1.165, 1.54) is 19.2 Å². The van der Waals surface area contributed by atoms with Crippen LogP contribution in [-0.4, -0.2) is 127 Å². The number of aliphatic hydroxyl groups is 1. The van der Waals surface area contributed by atoms with Crippen LogP contribution < -0.4 is 15.4 Å². The Balaban J connectivity index is 1.27. The van der Waals surface area contributed by atoms with Crippen molar-refractivity contribution in [2.45, 2.75) is 94.8 Å². The molecular formula is C36H45N3O12. The molecule has 0 radical (unpaired) electrons. The molecule has 5 aliphatic rings. The number of nitrogens with zero attached hydrogens (tertiary/aromatic N) is 1. The van der Waals surface area contributed by atoms with Crippen molar-refractivity contribution in [1.82, 2.24) is 15.5 Å². The highest BCUT2D eigenvalue weighted by Gasteiger charge is 2.55. The third kappa shape index (κ3) is 5.99. The maximum Gasteiger partial charge on any atom is 0.252 e. The Morgan fingerprint density at radius 3 is 2.57 bits per heavy atom. The second-order valence-corrected chi connectivity index (χ2v) is 14.1. The number of amides is 1. The van der Waals surface area contributed by atoms with E-state index < -0.39 is 83.1 Å². The lowest BCUT2D eigenvalue weighted by atomic mass is 9.72. The molecule has 2 aliphatic carbocycles. The van der Waals surface area contributed by atoms with Gasteiger partial charge in [0.15, 0.2) is 24.6 Å². The molecule has 8 atom stereocenters. The number of rotatable bonds is 9. The lowest BCUT2D eigenvalue weighted by Gasteiger charge is -2.43. The number of fused-ring (bicyclic) bond motifs is 6. The van der Waals surface area contributed by atoms with Gasteiger partial charge in [-0.15, -0.1) is 0 Å². The maximum absolute atomic E-state index is 14.0. The predicted octanol–water partition coefficient (Wildman–Crippen LogP) is 1.26. The Morgan fingerprint density at radius 1 is 1.08 bits per heavy atom. The van der Waals surface area contributed by atoms with Gasteiger partial charge in [0.2, 0.25) is 5.78 Å². The first-order valence-electron chi connectivity index (χ1n) is 17.4. The average Bonchev–Trinajstić information content (AvgIpc) is 3.49. The number of ether oxygens (including phenoxy) is 6. The molecular weight excluding hydrogens is 666 g/mol. The van der Waals surface area contributed by atoms with E-state index in [-0.39, 0.29) is 59.2 Å². The highest BCUT2D eigenvalue weighted by molar-refractivity contribution is 6.31. The van der Waals surface area contributed by atoms with Crippen molar-refractivity contribution in [2.75, 3.05) is 40.5 Å². The number of carbonyl (C=O) groups excluding carboxylic acids is 3. The molecule has 0 aromatic heterocycles. The largest absolute Gasteiger partial charge is 0.507 e. The minimum atomic E-state index is -2.13. The Hall–Kier alpha value is -3.67. The van der Waals surface area contributed by atoms with Crippen LogP contribution in [0, 0.1) is 0 Å². The minimum Gasteiger partial charge on any atom is -0.507 e. The topological polar surface area (TPSA) is 195 Å². The second-order valence-electron chi connectivity index (χ2n) is 14.1. The molecule has 3 fully saturated rings. The fourth-order valence-corrected chi connectivity index (χ4v) is 8.20. The van der Waals surface area contributed by atoms with Gasteiger partial charge < -0.3 is 54.4 Å². The molecule has 276 valence electrons. The third-order valence-electron chi connectivity index (χ3n) is 10.6. The minimum absolute atomic E-state index is 0.00515. The van der Waals surface area contributed by atoms with Crippen LogP contribution in [0.3, 0.4) is 0 Å².